The zero-order valence-electron chi connectivity index (χ0n) is 13.8. The number of thioether (sulfide) groups is 1. The van der Waals surface area contributed by atoms with Gasteiger partial charge in [0.05, 0.1) is 0 Å². The lowest BCUT2D eigenvalue weighted by Gasteiger charge is -2.15. The first kappa shape index (κ1) is 16.4. The molecule has 128 valence electrons. The van der Waals surface area contributed by atoms with Gasteiger partial charge in [-0.15, -0.1) is 0 Å². The smallest absolute Gasteiger partial charge is 0.252 e. The van der Waals surface area contributed by atoms with Crippen molar-refractivity contribution in [2.24, 2.45) is 0 Å². The Bertz CT molecular complexity index is 1060. The Morgan fingerprint density at radius 3 is 2.50 bits per heavy atom. The number of nitrogens with one attached hydrogen (secondary N) is 1. The van der Waals surface area contributed by atoms with Crippen LogP contribution in [0.25, 0.3) is 10.9 Å². The summed E-state index contributed by atoms with van der Waals surface area (Å²) in [6, 6.07) is 22.5. The molecule has 26 heavy (non-hydrogen) atoms. The van der Waals surface area contributed by atoms with Gasteiger partial charge in [0, 0.05) is 34.8 Å². The molecule has 0 radical (unpaired) electrons. The molecular formula is C21H16N2O2S. The molecule has 0 amide bonds. The van der Waals surface area contributed by atoms with E-state index in [0.717, 1.165) is 21.2 Å². The summed E-state index contributed by atoms with van der Waals surface area (Å²) in [6.45, 7) is 0. The molecule has 0 saturated carbocycles. The van der Waals surface area contributed by atoms with Gasteiger partial charge in [-0.1, -0.05) is 48.5 Å². The highest BCUT2D eigenvalue weighted by Gasteiger charge is 2.28. The van der Waals surface area contributed by atoms with Gasteiger partial charge < -0.3 is 10.2 Å². The molecule has 4 nitrogen and oxygen atoms in total. The van der Waals surface area contributed by atoms with Crippen molar-refractivity contribution in [2.75, 3.05) is 0 Å². The van der Waals surface area contributed by atoms with Crippen LogP contribution in [-0.2, 0) is 0 Å². The molecule has 0 aliphatic carbocycles. The van der Waals surface area contributed by atoms with Gasteiger partial charge in [-0.3, -0.25) is 4.79 Å². The molecule has 1 N–H and O–H groups in total. The third kappa shape index (κ3) is 3.09. The minimum atomic E-state index is -0.502. The van der Waals surface area contributed by atoms with E-state index < -0.39 is 5.25 Å². The first-order valence-electron chi connectivity index (χ1n) is 8.24. The fourth-order valence-electron chi connectivity index (χ4n) is 2.94. The van der Waals surface area contributed by atoms with Crippen LogP contribution in [0.4, 0.5) is 0 Å². The molecule has 1 atom stereocenters. The number of carbonyl (C=O) groups excluding carboxylic acids is 1. The van der Waals surface area contributed by atoms with E-state index in [9.17, 15) is 10.0 Å². The zero-order chi connectivity index (χ0) is 17.9. The average molecular weight is 360 g/mol. The highest BCUT2D eigenvalue weighted by molar-refractivity contribution is 8.00. The third-order valence-electron chi connectivity index (χ3n) is 4.22. The summed E-state index contributed by atoms with van der Waals surface area (Å²) in [5, 5.41) is 13.0. The Morgan fingerprint density at radius 1 is 0.962 bits per heavy atom. The van der Waals surface area contributed by atoms with Gasteiger partial charge in [0.15, 0.2) is 12.0 Å². The predicted molar refractivity (Wildman–Crippen MR) is 103 cm³/mol. The highest BCUT2D eigenvalue weighted by Crippen LogP contribution is 2.37. The molecular weight excluding hydrogens is 344 g/mol. The predicted octanol–water partition coefficient (Wildman–Crippen LogP) is 4.52. The Hall–Kier alpha value is -3.05. The molecule has 0 bridgehead atoms. The number of pyridine rings is 1. The largest absolute Gasteiger partial charge is 0.618 e. The van der Waals surface area contributed by atoms with E-state index in [0.29, 0.717) is 10.6 Å². The molecule has 0 aliphatic heterocycles. The molecule has 2 aromatic carbocycles. The molecule has 0 spiro atoms. The van der Waals surface area contributed by atoms with Crippen LogP contribution < -0.4 is 4.73 Å². The van der Waals surface area contributed by atoms with Crippen LogP contribution in [0.2, 0.25) is 0 Å². The summed E-state index contributed by atoms with van der Waals surface area (Å²) in [7, 11) is 0. The van der Waals surface area contributed by atoms with E-state index in [4.69, 9.17) is 0 Å². The van der Waals surface area contributed by atoms with Crippen molar-refractivity contribution in [1.82, 2.24) is 4.98 Å². The quantitative estimate of drug-likeness (QED) is 0.246. The second-order valence-corrected chi connectivity index (χ2v) is 7.01. The van der Waals surface area contributed by atoms with Crippen LogP contribution in [0.15, 0.2) is 90.2 Å². The van der Waals surface area contributed by atoms with Gasteiger partial charge in [-0.25, -0.2) is 0 Å². The van der Waals surface area contributed by atoms with E-state index in [1.165, 1.54) is 18.0 Å². The molecule has 4 aromatic rings. The van der Waals surface area contributed by atoms with Gasteiger partial charge in [-0.05, 0) is 29.5 Å². The average Bonchev–Trinajstić information content (AvgIpc) is 3.12. The second-order valence-electron chi connectivity index (χ2n) is 5.89. The molecule has 2 heterocycles. The maximum absolute atomic E-state index is 13.4. The SMILES string of the molecule is O=C(c1c[nH]c2ccccc12)[C@@H](Sc1cccc[n+]1[O-])c1ccccc1. The number of aromatic amines is 1. The lowest BCUT2D eigenvalue weighted by atomic mass is 10.0. The van der Waals surface area contributed by atoms with Crippen molar-refractivity contribution in [3.05, 3.63) is 102 Å². The Labute approximate surface area is 155 Å². The van der Waals surface area contributed by atoms with E-state index in [1.807, 2.05) is 54.6 Å². The normalized spacial score (nSPS) is 12.2. The standard InChI is InChI=1S/C21H16N2O2S/c24-20(17-14-22-18-11-5-4-10-16(17)18)21(15-8-2-1-3-9-15)26-19-12-6-7-13-23(19)25/h1-14,21-22H/t21-/m0/s1. The lowest BCUT2D eigenvalue weighted by Crippen LogP contribution is -2.28. The molecule has 0 fully saturated rings. The maximum Gasteiger partial charge on any atom is 0.252 e. The summed E-state index contributed by atoms with van der Waals surface area (Å²) in [5.74, 6) is -0.0255. The number of H-pyrrole nitrogens is 1. The van der Waals surface area contributed by atoms with Gasteiger partial charge in [0.1, 0.15) is 5.25 Å². The van der Waals surface area contributed by atoms with Crippen molar-refractivity contribution in [3.8, 4) is 0 Å². The van der Waals surface area contributed by atoms with Crippen molar-refractivity contribution in [2.45, 2.75) is 10.3 Å². The molecule has 0 unspecified atom stereocenters. The number of benzene rings is 2. The van der Waals surface area contributed by atoms with Gasteiger partial charge in [0.2, 0.25) is 0 Å². The number of rotatable bonds is 5. The van der Waals surface area contributed by atoms with E-state index >= 15 is 0 Å². The molecule has 5 heteroatoms. The monoisotopic (exact) mass is 360 g/mol. The Balaban J connectivity index is 1.78. The fourth-order valence-corrected chi connectivity index (χ4v) is 4.03. The number of para-hydroxylation sites is 1. The number of ketones is 1. The van der Waals surface area contributed by atoms with Crippen LogP contribution in [0.1, 0.15) is 21.2 Å². The molecule has 2 aromatic heterocycles. The van der Waals surface area contributed by atoms with Crippen LogP contribution in [0, 0.1) is 5.21 Å². The lowest BCUT2D eigenvalue weighted by molar-refractivity contribution is -0.645. The molecule has 0 aliphatic rings. The number of hydrogen-bond donors (Lipinski definition) is 1. The molecule has 4 rings (SSSR count). The number of carbonyl (C=O) groups is 1. The minimum absolute atomic E-state index is 0.0255. The second kappa shape index (κ2) is 7.06. The van der Waals surface area contributed by atoms with Gasteiger partial charge in [-0.2, -0.15) is 4.73 Å². The van der Waals surface area contributed by atoms with Crippen molar-refractivity contribution >= 4 is 28.4 Å². The Morgan fingerprint density at radius 2 is 1.69 bits per heavy atom. The zero-order valence-corrected chi connectivity index (χ0v) is 14.6. The van der Waals surface area contributed by atoms with Gasteiger partial charge in [0.25, 0.3) is 5.03 Å². The summed E-state index contributed by atoms with van der Waals surface area (Å²) in [6.07, 6.45) is 3.19. The minimum Gasteiger partial charge on any atom is -0.618 e. The summed E-state index contributed by atoms with van der Waals surface area (Å²) >= 11 is 1.27. The Kier molecular flexibility index (Phi) is 4.46. The fraction of sp³-hybridized carbons (Fsp3) is 0.0476. The van der Waals surface area contributed by atoms with E-state index in [1.54, 1.807) is 24.4 Å². The van der Waals surface area contributed by atoms with Crippen LogP contribution in [-0.4, -0.2) is 10.8 Å². The van der Waals surface area contributed by atoms with Crippen LogP contribution >= 0.6 is 11.8 Å². The number of hydrogen-bond acceptors (Lipinski definition) is 3. The first-order chi connectivity index (χ1) is 12.7. The van der Waals surface area contributed by atoms with E-state index in [2.05, 4.69) is 4.98 Å². The van der Waals surface area contributed by atoms with Crippen molar-refractivity contribution in [3.63, 3.8) is 0 Å². The summed E-state index contributed by atoms with van der Waals surface area (Å²) in [4.78, 5) is 16.5. The number of Topliss-reactive ketones (excluding diaryl/α,β-unsaturated/α-hetero) is 1. The van der Waals surface area contributed by atoms with Crippen LogP contribution in [0.5, 0.6) is 0 Å². The van der Waals surface area contributed by atoms with Gasteiger partial charge >= 0.3 is 0 Å². The van der Waals surface area contributed by atoms with Crippen molar-refractivity contribution in [1.29, 1.82) is 0 Å². The number of aromatic nitrogens is 2. The van der Waals surface area contributed by atoms with Crippen LogP contribution in [0.3, 0.4) is 0 Å². The topological polar surface area (TPSA) is 59.8 Å². The first-order valence-corrected chi connectivity index (χ1v) is 9.12. The summed E-state index contributed by atoms with van der Waals surface area (Å²) < 4.78 is 0.795. The molecule has 0 saturated heterocycles. The van der Waals surface area contributed by atoms with E-state index in [-0.39, 0.29) is 5.78 Å². The summed E-state index contributed by atoms with van der Waals surface area (Å²) in [5.41, 5.74) is 2.43. The highest BCUT2D eigenvalue weighted by atomic mass is 32.2. The number of fused-ring (bicyclic) bond motifs is 1. The van der Waals surface area contributed by atoms with Crippen molar-refractivity contribution < 1.29 is 9.52 Å². The third-order valence-corrected chi connectivity index (χ3v) is 5.50. The number of nitrogens with zero attached hydrogens (tertiary/aromatic N) is 1. The maximum atomic E-state index is 13.4.